The molecule has 0 saturated carbocycles. The number of carbonyl (C=O) groups is 1. The van der Waals surface area contributed by atoms with Gasteiger partial charge in [-0.25, -0.2) is 0 Å². The van der Waals surface area contributed by atoms with E-state index >= 15 is 0 Å². The highest BCUT2D eigenvalue weighted by atomic mass is 35.5. The third-order valence-corrected chi connectivity index (χ3v) is 2.53. The number of hydrogen-bond acceptors (Lipinski definition) is 3. The number of aliphatic hydroxyl groups is 1. The summed E-state index contributed by atoms with van der Waals surface area (Å²) in [6.07, 6.45) is 3.10. The molecule has 0 aliphatic rings. The van der Waals surface area contributed by atoms with Gasteiger partial charge in [0.2, 0.25) is 0 Å². The SMILES string of the molecule is CC(O)CCN(C)C(=O)c1ccncc1Cl. The predicted octanol–water partition coefficient (Wildman–Crippen LogP) is 1.58. The zero-order valence-electron chi connectivity index (χ0n) is 9.35. The van der Waals surface area contributed by atoms with E-state index in [0.29, 0.717) is 23.6 Å². The number of nitrogens with zero attached hydrogens (tertiary/aromatic N) is 2. The van der Waals surface area contributed by atoms with Crippen LogP contribution >= 0.6 is 11.6 Å². The Balaban J connectivity index is 2.67. The van der Waals surface area contributed by atoms with Crippen LogP contribution in [0.25, 0.3) is 0 Å². The van der Waals surface area contributed by atoms with Crippen LogP contribution in [0.3, 0.4) is 0 Å². The summed E-state index contributed by atoms with van der Waals surface area (Å²) in [5.41, 5.74) is 0.435. The van der Waals surface area contributed by atoms with Gasteiger partial charge in [0, 0.05) is 26.0 Å². The lowest BCUT2D eigenvalue weighted by Crippen LogP contribution is -2.29. The molecule has 5 heteroatoms. The van der Waals surface area contributed by atoms with Gasteiger partial charge in [0.1, 0.15) is 0 Å². The molecule has 1 atom stereocenters. The lowest BCUT2D eigenvalue weighted by atomic mass is 10.2. The van der Waals surface area contributed by atoms with E-state index in [-0.39, 0.29) is 5.91 Å². The van der Waals surface area contributed by atoms with Crippen molar-refractivity contribution in [2.24, 2.45) is 0 Å². The number of rotatable bonds is 4. The number of amides is 1. The smallest absolute Gasteiger partial charge is 0.255 e. The minimum Gasteiger partial charge on any atom is -0.393 e. The van der Waals surface area contributed by atoms with Gasteiger partial charge < -0.3 is 10.0 Å². The Morgan fingerprint density at radius 3 is 2.94 bits per heavy atom. The fourth-order valence-electron chi connectivity index (χ4n) is 1.24. The van der Waals surface area contributed by atoms with Gasteiger partial charge in [-0.15, -0.1) is 0 Å². The van der Waals surface area contributed by atoms with Crippen LogP contribution in [0.1, 0.15) is 23.7 Å². The zero-order valence-corrected chi connectivity index (χ0v) is 10.1. The summed E-state index contributed by atoms with van der Waals surface area (Å²) in [4.78, 5) is 17.3. The highest BCUT2D eigenvalue weighted by Crippen LogP contribution is 2.15. The van der Waals surface area contributed by atoms with Crippen LogP contribution in [0.15, 0.2) is 18.5 Å². The summed E-state index contributed by atoms with van der Waals surface area (Å²) >= 11 is 5.87. The van der Waals surface area contributed by atoms with Gasteiger partial charge in [-0.3, -0.25) is 9.78 Å². The molecule has 88 valence electrons. The number of halogens is 1. The third kappa shape index (κ3) is 3.47. The molecule has 0 radical (unpaired) electrons. The molecule has 1 aromatic heterocycles. The molecular formula is C11H15ClN2O2. The van der Waals surface area contributed by atoms with Crippen LogP contribution in [0, 0.1) is 0 Å². The number of carbonyl (C=O) groups excluding carboxylic acids is 1. The fraction of sp³-hybridized carbons (Fsp3) is 0.455. The molecule has 4 nitrogen and oxygen atoms in total. The molecule has 0 fully saturated rings. The van der Waals surface area contributed by atoms with Crippen molar-refractivity contribution in [3.63, 3.8) is 0 Å². The third-order valence-electron chi connectivity index (χ3n) is 2.23. The number of pyridine rings is 1. The molecular weight excluding hydrogens is 228 g/mol. The second-order valence-corrected chi connectivity index (χ2v) is 4.13. The fourth-order valence-corrected chi connectivity index (χ4v) is 1.44. The predicted molar refractivity (Wildman–Crippen MR) is 62.5 cm³/mol. The van der Waals surface area contributed by atoms with Crippen molar-refractivity contribution < 1.29 is 9.90 Å². The molecule has 0 aliphatic heterocycles. The van der Waals surface area contributed by atoms with Crippen LogP contribution in [0.5, 0.6) is 0 Å². The van der Waals surface area contributed by atoms with Gasteiger partial charge in [-0.2, -0.15) is 0 Å². The average Bonchev–Trinajstić information content (AvgIpc) is 2.25. The van der Waals surface area contributed by atoms with Gasteiger partial charge in [0.05, 0.1) is 16.7 Å². The van der Waals surface area contributed by atoms with E-state index in [1.807, 2.05) is 0 Å². The van der Waals surface area contributed by atoms with Crippen molar-refractivity contribution in [3.05, 3.63) is 29.0 Å². The summed E-state index contributed by atoms with van der Waals surface area (Å²) in [5.74, 6) is -0.159. The van der Waals surface area contributed by atoms with E-state index in [9.17, 15) is 4.79 Å². The summed E-state index contributed by atoms with van der Waals surface area (Å²) in [6.45, 7) is 2.19. The maximum absolute atomic E-state index is 11.9. The van der Waals surface area contributed by atoms with Gasteiger partial charge in [-0.05, 0) is 19.4 Å². The van der Waals surface area contributed by atoms with Crippen molar-refractivity contribution in [3.8, 4) is 0 Å². The first-order chi connectivity index (χ1) is 7.52. The second kappa shape index (κ2) is 5.82. The molecule has 1 heterocycles. The van der Waals surface area contributed by atoms with Gasteiger partial charge in [-0.1, -0.05) is 11.6 Å². The molecule has 1 unspecified atom stereocenters. The molecule has 1 N–H and O–H groups in total. The lowest BCUT2D eigenvalue weighted by Gasteiger charge is -2.18. The first-order valence-electron chi connectivity index (χ1n) is 5.05. The van der Waals surface area contributed by atoms with Crippen molar-refractivity contribution in [1.82, 2.24) is 9.88 Å². The number of aliphatic hydroxyl groups excluding tert-OH is 1. The lowest BCUT2D eigenvalue weighted by molar-refractivity contribution is 0.0769. The molecule has 0 spiro atoms. The number of hydrogen-bond donors (Lipinski definition) is 1. The summed E-state index contributed by atoms with van der Waals surface area (Å²) < 4.78 is 0. The van der Waals surface area contributed by atoms with Gasteiger partial charge in [0.15, 0.2) is 0 Å². The highest BCUT2D eigenvalue weighted by molar-refractivity contribution is 6.33. The molecule has 1 aromatic rings. The van der Waals surface area contributed by atoms with E-state index in [1.165, 1.54) is 17.3 Å². The Morgan fingerprint density at radius 1 is 1.69 bits per heavy atom. The minimum atomic E-state index is -0.414. The standard InChI is InChI=1S/C11H15ClN2O2/c1-8(15)4-6-14(2)11(16)9-3-5-13-7-10(9)12/h3,5,7-8,15H,4,6H2,1-2H3. The van der Waals surface area contributed by atoms with E-state index in [2.05, 4.69) is 4.98 Å². The molecule has 0 aliphatic carbocycles. The Labute approximate surface area is 99.9 Å². The van der Waals surface area contributed by atoms with Crippen LogP contribution < -0.4 is 0 Å². The second-order valence-electron chi connectivity index (χ2n) is 3.72. The maximum Gasteiger partial charge on any atom is 0.255 e. The summed E-state index contributed by atoms with van der Waals surface area (Å²) in [7, 11) is 1.68. The first kappa shape index (κ1) is 12.9. The molecule has 0 saturated heterocycles. The first-order valence-corrected chi connectivity index (χ1v) is 5.43. The number of aromatic nitrogens is 1. The quantitative estimate of drug-likeness (QED) is 0.872. The Bertz CT molecular complexity index is 369. The maximum atomic E-state index is 11.9. The van der Waals surface area contributed by atoms with Crippen molar-refractivity contribution in [2.75, 3.05) is 13.6 Å². The molecule has 1 rings (SSSR count). The van der Waals surface area contributed by atoms with Gasteiger partial charge >= 0.3 is 0 Å². The largest absolute Gasteiger partial charge is 0.393 e. The molecule has 0 aromatic carbocycles. The van der Waals surface area contributed by atoms with Crippen LogP contribution in [-0.4, -0.2) is 40.6 Å². The summed E-state index contributed by atoms with van der Waals surface area (Å²) in [6, 6.07) is 1.59. The Morgan fingerprint density at radius 2 is 2.38 bits per heavy atom. The zero-order chi connectivity index (χ0) is 12.1. The Hall–Kier alpha value is -1.13. The van der Waals surface area contributed by atoms with Crippen molar-refractivity contribution in [2.45, 2.75) is 19.4 Å². The van der Waals surface area contributed by atoms with E-state index in [1.54, 1.807) is 20.0 Å². The van der Waals surface area contributed by atoms with E-state index < -0.39 is 6.10 Å². The highest BCUT2D eigenvalue weighted by Gasteiger charge is 2.14. The molecule has 1 amide bonds. The van der Waals surface area contributed by atoms with Crippen LogP contribution in [0.2, 0.25) is 5.02 Å². The molecule has 0 bridgehead atoms. The van der Waals surface area contributed by atoms with Gasteiger partial charge in [0.25, 0.3) is 5.91 Å². The van der Waals surface area contributed by atoms with Crippen LogP contribution in [0.4, 0.5) is 0 Å². The topological polar surface area (TPSA) is 53.4 Å². The molecule has 16 heavy (non-hydrogen) atoms. The average molecular weight is 243 g/mol. The van der Waals surface area contributed by atoms with E-state index in [0.717, 1.165) is 0 Å². The normalized spacial score (nSPS) is 12.2. The van der Waals surface area contributed by atoms with Crippen LogP contribution in [-0.2, 0) is 0 Å². The van der Waals surface area contributed by atoms with Crippen molar-refractivity contribution in [1.29, 1.82) is 0 Å². The van der Waals surface area contributed by atoms with E-state index in [4.69, 9.17) is 16.7 Å². The minimum absolute atomic E-state index is 0.159. The Kier molecular flexibility index (Phi) is 4.71. The summed E-state index contributed by atoms with van der Waals surface area (Å²) in [5, 5.41) is 9.48. The van der Waals surface area contributed by atoms with Crippen molar-refractivity contribution >= 4 is 17.5 Å². The monoisotopic (exact) mass is 242 g/mol.